The van der Waals surface area contributed by atoms with Gasteiger partial charge in [0, 0.05) is 17.3 Å². The van der Waals surface area contributed by atoms with Crippen LogP contribution in [0.1, 0.15) is 18.4 Å². The van der Waals surface area contributed by atoms with Crippen molar-refractivity contribution in [3.05, 3.63) is 48.0 Å². The van der Waals surface area contributed by atoms with Gasteiger partial charge in [-0.05, 0) is 31.0 Å². The van der Waals surface area contributed by atoms with Gasteiger partial charge in [-0.25, -0.2) is 0 Å². The molecule has 2 aromatic rings. The molecule has 1 N–H and O–H groups in total. The van der Waals surface area contributed by atoms with Crippen molar-refractivity contribution in [1.82, 2.24) is 0 Å². The van der Waals surface area contributed by atoms with Crippen molar-refractivity contribution in [3.8, 4) is 17.2 Å². The van der Waals surface area contributed by atoms with E-state index in [-0.39, 0.29) is 5.91 Å². The summed E-state index contributed by atoms with van der Waals surface area (Å²) >= 11 is 0. The van der Waals surface area contributed by atoms with Crippen LogP contribution in [0.5, 0.6) is 17.2 Å². The van der Waals surface area contributed by atoms with Gasteiger partial charge in [0.15, 0.2) is 11.5 Å². The zero-order valence-electron chi connectivity index (χ0n) is 14.1. The molecule has 0 unspecified atom stereocenters. The molecule has 0 aliphatic heterocycles. The molecule has 2 aromatic carbocycles. The summed E-state index contributed by atoms with van der Waals surface area (Å²) in [6.45, 7) is 0. The maximum atomic E-state index is 12.9. The molecule has 5 nitrogen and oxygen atoms in total. The maximum absolute atomic E-state index is 12.9. The molecule has 0 atom stereocenters. The Bertz CT molecular complexity index is 753. The van der Waals surface area contributed by atoms with Crippen LogP contribution in [0.3, 0.4) is 0 Å². The highest BCUT2D eigenvalue weighted by Crippen LogP contribution is 2.52. The van der Waals surface area contributed by atoms with Gasteiger partial charge in [0.25, 0.3) is 0 Å². The Balaban J connectivity index is 1.85. The minimum absolute atomic E-state index is 0.0285. The van der Waals surface area contributed by atoms with Crippen molar-refractivity contribution in [3.63, 3.8) is 0 Å². The second kappa shape index (κ2) is 6.43. The summed E-state index contributed by atoms with van der Waals surface area (Å²) in [4.78, 5) is 12.9. The van der Waals surface area contributed by atoms with E-state index in [1.165, 1.54) is 0 Å². The van der Waals surface area contributed by atoms with Crippen LogP contribution in [0.2, 0.25) is 0 Å². The summed E-state index contributed by atoms with van der Waals surface area (Å²) in [5, 5.41) is 2.99. The predicted octanol–water partition coefficient (Wildman–Crippen LogP) is 3.38. The number of para-hydroxylation sites is 1. The average molecular weight is 327 g/mol. The summed E-state index contributed by atoms with van der Waals surface area (Å²) in [5.41, 5.74) is 1.10. The van der Waals surface area contributed by atoms with E-state index >= 15 is 0 Å². The zero-order valence-corrected chi connectivity index (χ0v) is 14.1. The van der Waals surface area contributed by atoms with E-state index in [9.17, 15) is 4.79 Å². The minimum atomic E-state index is -0.514. The number of amides is 1. The number of hydrogen-bond acceptors (Lipinski definition) is 4. The van der Waals surface area contributed by atoms with Gasteiger partial charge in [-0.15, -0.1) is 0 Å². The van der Waals surface area contributed by atoms with Crippen molar-refractivity contribution >= 4 is 11.6 Å². The quantitative estimate of drug-likeness (QED) is 0.884. The summed E-state index contributed by atoms with van der Waals surface area (Å²) < 4.78 is 15.9. The van der Waals surface area contributed by atoms with Gasteiger partial charge in [0.1, 0.15) is 5.75 Å². The number of rotatable bonds is 6. The Labute approximate surface area is 141 Å². The lowest BCUT2D eigenvalue weighted by Crippen LogP contribution is -2.28. The highest BCUT2D eigenvalue weighted by atomic mass is 16.5. The van der Waals surface area contributed by atoms with Crippen LogP contribution in [0.25, 0.3) is 0 Å². The van der Waals surface area contributed by atoms with Crippen LogP contribution in [0.15, 0.2) is 42.5 Å². The molecule has 0 radical (unpaired) electrons. The molecular weight excluding hydrogens is 306 g/mol. The number of hydrogen-bond donors (Lipinski definition) is 1. The van der Waals surface area contributed by atoms with Crippen LogP contribution >= 0.6 is 0 Å². The van der Waals surface area contributed by atoms with Crippen LogP contribution in [0, 0.1) is 0 Å². The lowest BCUT2D eigenvalue weighted by Gasteiger charge is -2.19. The lowest BCUT2D eigenvalue weighted by molar-refractivity contribution is -0.118. The van der Waals surface area contributed by atoms with Crippen molar-refractivity contribution < 1.29 is 19.0 Å². The fraction of sp³-hybridized carbons (Fsp3) is 0.316. The van der Waals surface area contributed by atoms with Gasteiger partial charge in [-0.2, -0.15) is 0 Å². The van der Waals surface area contributed by atoms with Gasteiger partial charge >= 0.3 is 0 Å². The zero-order chi connectivity index (χ0) is 17.2. The Hall–Kier alpha value is -2.69. The van der Waals surface area contributed by atoms with Crippen LogP contribution in [-0.4, -0.2) is 27.2 Å². The van der Waals surface area contributed by atoms with Crippen LogP contribution in [-0.2, 0) is 10.2 Å². The lowest BCUT2D eigenvalue weighted by atomic mass is 9.94. The molecule has 5 heteroatoms. The van der Waals surface area contributed by atoms with E-state index in [0.29, 0.717) is 17.2 Å². The van der Waals surface area contributed by atoms with Gasteiger partial charge in [-0.3, -0.25) is 4.79 Å². The first kappa shape index (κ1) is 16.2. The molecule has 3 rings (SSSR count). The smallest absolute Gasteiger partial charge is 0.235 e. The predicted molar refractivity (Wildman–Crippen MR) is 92.1 cm³/mol. The topological polar surface area (TPSA) is 56.8 Å². The summed E-state index contributed by atoms with van der Waals surface area (Å²) in [7, 11) is 4.78. The SMILES string of the molecule is COc1ccc(NC(=O)C2(c3ccccc3OC)CC2)cc1OC. The Kier molecular flexibility index (Phi) is 4.34. The van der Waals surface area contributed by atoms with Gasteiger partial charge in [0.05, 0.1) is 26.7 Å². The maximum Gasteiger partial charge on any atom is 0.235 e. The Morgan fingerprint density at radius 3 is 2.21 bits per heavy atom. The second-order valence-corrected chi connectivity index (χ2v) is 5.81. The number of carbonyl (C=O) groups is 1. The van der Waals surface area contributed by atoms with E-state index in [1.807, 2.05) is 24.3 Å². The van der Waals surface area contributed by atoms with E-state index in [4.69, 9.17) is 14.2 Å². The number of methoxy groups -OCH3 is 3. The summed E-state index contributed by atoms with van der Waals surface area (Å²) in [6.07, 6.45) is 1.62. The highest BCUT2D eigenvalue weighted by molar-refractivity contribution is 6.02. The third-order valence-electron chi connectivity index (χ3n) is 4.45. The third kappa shape index (κ3) is 2.77. The van der Waals surface area contributed by atoms with E-state index in [1.54, 1.807) is 39.5 Å². The average Bonchev–Trinajstić information content (AvgIpc) is 3.43. The van der Waals surface area contributed by atoms with Gasteiger partial charge < -0.3 is 19.5 Å². The third-order valence-corrected chi connectivity index (χ3v) is 4.45. The Morgan fingerprint density at radius 2 is 1.58 bits per heavy atom. The minimum Gasteiger partial charge on any atom is -0.496 e. The molecule has 1 amide bonds. The first-order valence-electron chi connectivity index (χ1n) is 7.81. The van der Waals surface area contributed by atoms with Crippen LogP contribution < -0.4 is 19.5 Å². The van der Waals surface area contributed by atoms with Gasteiger partial charge in [0.2, 0.25) is 5.91 Å². The van der Waals surface area contributed by atoms with E-state index < -0.39 is 5.41 Å². The molecule has 24 heavy (non-hydrogen) atoms. The second-order valence-electron chi connectivity index (χ2n) is 5.81. The molecule has 1 saturated carbocycles. The molecule has 0 heterocycles. The molecule has 0 aromatic heterocycles. The fourth-order valence-electron chi connectivity index (χ4n) is 2.95. The summed E-state index contributed by atoms with van der Waals surface area (Å²) in [5.74, 6) is 1.93. The molecule has 0 saturated heterocycles. The van der Waals surface area contributed by atoms with Crippen molar-refractivity contribution in [2.24, 2.45) is 0 Å². The fourth-order valence-corrected chi connectivity index (χ4v) is 2.95. The first-order chi connectivity index (χ1) is 11.6. The number of carbonyl (C=O) groups excluding carboxylic acids is 1. The Morgan fingerprint density at radius 1 is 0.917 bits per heavy atom. The molecule has 126 valence electrons. The molecule has 1 aliphatic rings. The summed E-state index contributed by atoms with van der Waals surface area (Å²) in [6, 6.07) is 13.0. The number of anilines is 1. The van der Waals surface area contributed by atoms with E-state index in [0.717, 1.165) is 24.2 Å². The molecule has 0 spiro atoms. The molecule has 1 aliphatic carbocycles. The normalized spacial score (nSPS) is 14.6. The largest absolute Gasteiger partial charge is 0.496 e. The van der Waals surface area contributed by atoms with Crippen molar-refractivity contribution in [2.45, 2.75) is 18.3 Å². The molecule has 1 fully saturated rings. The first-order valence-corrected chi connectivity index (χ1v) is 7.81. The number of benzene rings is 2. The highest BCUT2D eigenvalue weighted by Gasteiger charge is 2.52. The van der Waals surface area contributed by atoms with Crippen molar-refractivity contribution in [2.75, 3.05) is 26.6 Å². The monoisotopic (exact) mass is 327 g/mol. The van der Waals surface area contributed by atoms with E-state index in [2.05, 4.69) is 5.32 Å². The van der Waals surface area contributed by atoms with Crippen LogP contribution in [0.4, 0.5) is 5.69 Å². The molecule has 0 bridgehead atoms. The van der Waals surface area contributed by atoms with Crippen molar-refractivity contribution in [1.29, 1.82) is 0 Å². The molecular formula is C19H21NO4. The standard InChI is InChI=1S/C19H21NO4/c1-22-15-7-5-4-6-14(15)19(10-11-19)18(21)20-13-8-9-16(23-2)17(12-13)24-3/h4-9,12H,10-11H2,1-3H3,(H,20,21). The van der Waals surface area contributed by atoms with Gasteiger partial charge in [-0.1, -0.05) is 18.2 Å². The number of nitrogens with one attached hydrogen (secondary N) is 1. The number of ether oxygens (including phenoxy) is 3.